The number of carbonyl (C=O) groups excluding carboxylic acids is 1. The number of benzene rings is 1. The van der Waals surface area contributed by atoms with Crippen LogP contribution >= 0.6 is 0 Å². The van der Waals surface area contributed by atoms with Crippen molar-refractivity contribution in [2.24, 2.45) is 5.14 Å². The fourth-order valence-electron chi connectivity index (χ4n) is 2.34. The summed E-state index contributed by atoms with van der Waals surface area (Å²) in [6.07, 6.45) is 0.740. The summed E-state index contributed by atoms with van der Waals surface area (Å²) in [5.74, 6) is -0.00598. The van der Waals surface area contributed by atoms with E-state index < -0.39 is 10.0 Å². The van der Waals surface area contributed by atoms with Crippen molar-refractivity contribution >= 4 is 21.6 Å². The van der Waals surface area contributed by atoms with Gasteiger partial charge in [0.05, 0.1) is 5.75 Å². The van der Waals surface area contributed by atoms with Crippen LogP contribution in [-0.2, 0) is 14.8 Å². The first-order valence-electron chi connectivity index (χ1n) is 6.56. The van der Waals surface area contributed by atoms with Crippen molar-refractivity contribution in [1.29, 1.82) is 0 Å². The minimum absolute atomic E-state index is 0.0667. The fraction of sp³-hybridized carbons (Fsp3) is 0.462. The number of nitrogens with one attached hydrogen (secondary N) is 2. The number of para-hydroxylation sites is 1. The largest absolute Gasteiger partial charge is 0.384 e. The number of carbonyl (C=O) groups is 1. The summed E-state index contributed by atoms with van der Waals surface area (Å²) in [5.41, 5.74) is 2.24. The second-order valence-electron chi connectivity index (χ2n) is 4.94. The first-order valence-corrected chi connectivity index (χ1v) is 8.27. The zero-order valence-corrected chi connectivity index (χ0v) is 11.9. The minimum Gasteiger partial charge on any atom is -0.384 e. The molecule has 1 aliphatic heterocycles. The van der Waals surface area contributed by atoms with E-state index in [0.29, 0.717) is 19.4 Å². The van der Waals surface area contributed by atoms with Gasteiger partial charge in [-0.15, -0.1) is 0 Å². The first-order chi connectivity index (χ1) is 9.46. The Balaban J connectivity index is 1.76. The quantitative estimate of drug-likeness (QED) is 0.661. The van der Waals surface area contributed by atoms with Crippen LogP contribution < -0.4 is 15.8 Å². The van der Waals surface area contributed by atoms with E-state index in [1.165, 1.54) is 0 Å². The number of amides is 1. The molecule has 7 heteroatoms. The van der Waals surface area contributed by atoms with Crippen molar-refractivity contribution in [3.05, 3.63) is 29.8 Å². The van der Waals surface area contributed by atoms with Crippen molar-refractivity contribution < 1.29 is 13.2 Å². The molecule has 1 aliphatic rings. The summed E-state index contributed by atoms with van der Waals surface area (Å²) in [4.78, 5) is 11.8. The highest BCUT2D eigenvalue weighted by molar-refractivity contribution is 7.89. The summed E-state index contributed by atoms with van der Waals surface area (Å²) in [6.45, 7) is 1.08. The molecule has 6 nitrogen and oxygen atoms in total. The third-order valence-electron chi connectivity index (χ3n) is 3.30. The normalized spacial score (nSPS) is 17.4. The van der Waals surface area contributed by atoms with Gasteiger partial charge in [0.25, 0.3) is 0 Å². The monoisotopic (exact) mass is 297 g/mol. The summed E-state index contributed by atoms with van der Waals surface area (Å²) in [7, 11) is -3.45. The molecule has 0 aromatic heterocycles. The van der Waals surface area contributed by atoms with Crippen LogP contribution in [0.3, 0.4) is 0 Å². The second kappa shape index (κ2) is 6.23. The molecule has 1 amide bonds. The number of sulfonamides is 1. The smallest absolute Gasteiger partial charge is 0.220 e. The zero-order valence-electron chi connectivity index (χ0n) is 11.1. The van der Waals surface area contributed by atoms with Crippen LogP contribution in [0, 0.1) is 0 Å². The van der Waals surface area contributed by atoms with E-state index in [1.54, 1.807) is 0 Å². The molecular formula is C13H19N3O3S. The molecule has 110 valence electrons. The third kappa shape index (κ3) is 4.21. The van der Waals surface area contributed by atoms with Gasteiger partial charge in [0.15, 0.2) is 0 Å². The molecule has 4 N–H and O–H groups in total. The highest BCUT2D eigenvalue weighted by Crippen LogP contribution is 2.32. The van der Waals surface area contributed by atoms with Gasteiger partial charge in [0, 0.05) is 31.1 Å². The van der Waals surface area contributed by atoms with Crippen LogP contribution in [0.1, 0.15) is 24.3 Å². The highest BCUT2D eigenvalue weighted by atomic mass is 32.2. The second-order valence-corrected chi connectivity index (χ2v) is 6.67. The summed E-state index contributed by atoms with van der Waals surface area (Å²) >= 11 is 0. The van der Waals surface area contributed by atoms with Crippen molar-refractivity contribution in [3.8, 4) is 0 Å². The lowest BCUT2D eigenvalue weighted by molar-refractivity contribution is -0.121. The Morgan fingerprint density at radius 1 is 1.40 bits per heavy atom. The predicted octanol–water partition coefficient (Wildman–Crippen LogP) is 0.381. The Bertz CT molecular complexity index is 586. The Morgan fingerprint density at radius 2 is 2.15 bits per heavy atom. The predicted molar refractivity (Wildman–Crippen MR) is 77.9 cm³/mol. The minimum atomic E-state index is -3.45. The van der Waals surface area contributed by atoms with Gasteiger partial charge in [0.2, 0.25) is 15.9 Å². The van der Waals surface area contributed by atoms with E-state index in [-0.39, 0.29) is 17.6 Å². The number of anilines is 1. The topological polar surface area (TPSA) is 101 Å². The van der Waals surface area contributed by atoms with Gasteiger partial charge in [-0.05, 0) is 18.1 Å². The zero-order chi connectivity index (χ0) is 14.6. The average Bonchev–Trinajstić information content (AvgIpc) is 2.77. The number of hydrogen-bond donors (Lipinski definition) is 3. The Kier molecular flexibility index (Phi) is 4.61. The van der Waals surface area contributed by atoms with E-state index in [0.717, 1.165) is 17.8 Å². The Labute approximate surface area is 118 Å². The summed E-state index contributed by atoms with van der Waals surface area (Å²) < 4.78 is 21.5. The SMILES string of the molecule is NS(=O)(=O)CCCNC(=O)CC1CNc2ccccc21. The standard InChI is InChI=1S/C13H19N3O3S/c14-20(18,19)7-3-6-15-13(17)8-10-9-16-12-5-2-1-4-11(10)12/h1-2,4-5,10,16H,3,6-9H2,(H,15,17)(H2,14,18,19). The van der Waals surface area contributed by atoms with Crippen molar-refractivity contribution in [2.75, 3.05) is 24.2 Å². The molecule has 0 radical (unpaired) electrons. The van der Waals surface area contributed by atoms with Crippen LogP contribution in [0.15, 0.2) is 24.3 Å². The van der Waals surface area contributed by atoms with Gasteiger partial charge in [-0.1, -0.05) is 18.2 Å². The maximum Gasteiger partial charge on any atom is 0.220 e. The van der Waals surface area contributed by atoms with Gasteiger partial charge in [0.1, 0.15) is 0 Å². The Morgan fingerprint density at radius 3 is 2.90 bits per heavy atom. The molecule has 0 bridgehead atoms. The molecule has 0 aliphatic carbocycles. The lowest BCUT2D eigenvalue weighted by Gasteiger charge is -2.10. The first kappa shape index (κ1) is 14.8. The number of nitrogens with two attached hydrogens (primary N) is 1. The number of primary sulfonamides is 1. The maximum atomic E-state index is 11.8. The summed E-state index contributed by atoms with van der Waals surface area (Å²) in [6, 6.07) is 7.94. The van der Waals surface area contributed by atoms with Gasteiger partial charge in [-0.2, -0.15) is 0 Å². The molecule has 0 saturated heterocycles. The van der Waals surface area contributed by atoms with Gasteiger partial charge in [-0.25, -0.2) is 13.6 Å². The van der Waals surface area contributed by atoms with E-state index in [2.05, 4.69) is 10.6 Å². The van der Waals surface area contributed by atoms with Crippen LogP contribution in [0.25, 0.3) is 0 Å². The van der Waals surface area contributed by atoms with Crippen LogP contribution in [0.4, 0.5) is 5.69 Å². The molecule has 1 aromatic rings. The third-order valence-corrected chi connectivity index (χ3v) is 4.16. The lowest BCUT2D eigenvalue weighted by atomic mass is 9.97. The molecule has 20 heavy (non-hydrogen) atoms. The van der Waals surface area contributed by atoms with Crippen molar-refractivity contribution in [3.63, 3.8) is 0 Å². The van der Waals surface area contributed by atoms with E-state index in [4.69, 9.17) is 5.14 Å². The molecule has 0 saturated carbocycles. The highest BCUT2D eigenvalue weighted by Gasteiger charge is 2.23. The molecule has 1 aromatic carbocycles. The molecule has 1 unspecified atom stereocenters. The van der Waals surface area contributed by atoms with Crippen molar-refractivity contribution in [2.45, 2.75) is 18.8 Å². The van der Waals surface area contributed by atoms with Gasteiger partial charge in [-0.3, -0.25) is 4.79 Å². The molecular weight excluding hydrogens is 278 g/mol. The fourth-order valence-corrected chi connectivity index (χ4v) is 2.88. The van der Waals surface area contributed by atoms with Crippen molar-refractivity contribution in [1.82, 2.24) is 5.32 Å². The van der Waals surface area contributed by atoms with E-state index >= 15 is 0 Å². The maximum absolute atomic E-state index is 11.8. The average molecular weight is 297 g/mol. The van der Waals surface area contributed by atoms with Gasteiger partial charge >= 0.3 is 0 Å². The lowest BCUT2D eigenvalue weighted by Crippen LogP contribution is -2.28. The van der Waals surface area contributed by atoms with Gasteiger partial charge < -0.3 is 10.6 Å². The molecule has 2 rings (SSSR count). The number of hydrogen-bond acceptors (Lipinski definition) is 4. The summed E-state index contributed by atoms with van der Waals surface area (Å²) in [5, 5.41) is 10.9. The van der Waals surface area contributed by atoms with E-state index in [1.807, 2.05) is 24.3 Å². The molecule has 0 spiro atoms. The van der Waals surface area contributed by atoms with Crippen LogP contribution in [0.2, 0.25) is 0 Å². The van der Waals surface area contributed by atoms with E-state index in [9.17, 15) is 13.2 Å². The van der Waals surface area contributed by atoms with Crippen LogP contribution in [-0.4, -0.2) is 33.2 Å². The molecule has 0 fully saturated rings. The number of fused-ring (bicyclic) bond motifs is 1. The molecule has 1 heterocycles. The van der Waals surface area contributed by atoms with Crippen LogP contribution in [0.5, 0.6) is 0 Å². The molecule has 1 atom stereocenters. The number of rotatable bonds is 6. The Hall–Kier alpha value is -1.60.